The maximum atomic E-state index is 11.7. The average molecular weight is 214 g/mol. The number of aryl methyl sites for hydroxylation is 2. The van der Waals surface area contributed by atoms with Crippen LogP contribution in [0.3, 0.4) is 0 Å². The molecule has 2 heterocycles. The zero-order chi connectivity index (χ0) is 11.3. The quantitative estimate of drug-likeness (QED) is 0.540. The predicted molar refractivity (Wildman–Crippen MR) is 61.7 cm³/mol. The van der Waals surface area contributed by atoms with Gasteiger partial charge in [0.25, 0.3) is 0 Å². The molecular formula is C13H10O3. The van der Waals surface area contributed by atoms with Crippen molar-refractivity contribution in [1.29, 1.82) is 0 Å². The molecule has 1 aromatic carbocycles. The lowest BCUT2D eigenvalue weighted by Gasteiger charge is -2.00. The molecule has 0 saturated heterocycles. The van der Waals surface area contributed by atoms with Crippen LogP contribution in [0.25, 0.3) is 21.9 Å². The van der Waals surface area contributed by atoms with Crippen molar-refractivity contribution in [2.75, 3.05) is 0 Å². The Balaban J connectivity index is 2.71. The maximum Gasteiger partial charge on any atom is 0.347 e. The fraction of sp³-hybridized carbons (Fsp3) is 0.154. The third kappa shape index (κ3) is 1.11. The van der Waals surface area contributed by atoms with Gasteiger partial charge in [0.15, 0.2) is 5.58 Å². The molecule has 0 aliphatic carbocycles. The van der Waals surface area contributed by atoms with E-state index in [4.69, 9.17) is 8.83 Å². The molecule has 80 valence electrons. The van der Waals surface area contributed by atoms with Crippen LogP contribution in [-0.4, -0.2) is 0 Å². The van der Waals surface area contributed by atoms with Gasteiger partial charge in [-0.05, 0) is 31.5 Å². The molecule has 0 unspecified atom stereocenters. The number of hydrogen-bond acceptors (Lipinski definition) is 3. The van der Waals surface area contributed by atoms with Crippen molar-refractivity contribution >= 4 is 21.9 Å². The second kappa shape index (κ2) is 2.98. The van der Waals surface area contributed by atoms with E-state index in [-0.39, 0.29) is 5.63 Å². The van der Waals surface area contributed by atoms with Gasteiger partial charge in [0.05, 0.1) is 5.39 Å². The van der Waals surface area contributed by atoms with Crippen LogP contribution in [0.15, 0.2) is 37.9 Å². The fourth-order valence-corrected chi connectivity index (χ4v) is 2.02. The van der Waals surface area contributed by atoms with Crippen LogP contribution in [0.1, 0.15) is 11.3 Å². The van der Waals surface area contributed by atoms with Crippen LogP contribution in [0.5, 0.6) is 0 Å². The highest BCUT2D eigenvalue weighted by atomic mass is 16.4. The molecule has 0 amide bonds. The monoisotopic (exact) mass is 214 g/mol. The minimum absolute atomic E-state index is 0.343. The Morgan fingerprint density at radius 1 is 1.12 bits per heavy atom. The summed E-state index contributed by atoms with van der Waals surface area (Å²) < 4.78 is 10.8. The first-order valence-corrected chi connectivity index (χ1v) is 5.09. The molecule has 0 N–H and O–H groups in total. The molecule has 2 aromatic heterocycles. The van der Waals surface area contributed by atoms with Crippen molar-refractivity contribution in [2.45, 2.75) is 13.8 Å². The first-order chi connectivity index (χ1) is 7.66. The fourth-order valence-electron chi connectivity index (χ4n) is 2.02. The first-order valence-electron chi connectivity index (χ1n) is 5.09. The summed E-state index contributed by atoms with van der Waals surface area (Å²) in [6.07, 6.45) is 0. The molecule has 0 atom stereocenters. The highest BCUT2D eigenvalue weighted by molar-refractivity contribution is 6.02. The van der Waals surface area contributed by atoms with Crippen LogP contribution in [-0.2, 0) is 0 Å². The lowest BCUT2D eigenvalue weighted by atomic mass is 10.1. The lowest BCUT2D eigenvalue weighted by Crippen LogP contribution is -1.98. The van der Waals surface area contributed by atoms with E-state index >= 15 is 0 Å². The van der Waals surface area contributed by atoms with Gasteiger partial charge in [-0.1, -0.05) is 12.1 Å². The summed E-state index contributed by atoms with van der Waals surface area (Å²) >= 11 is 0. The molecule has 0 bridgehead atoms. The molecule has 3 heteroatoms. The van der Waals surface area contributed by atoms with E-state index in [0.717, 1.165) is 16.7 Å². The second-order valence-corrected chi connectivity index (χ2v) is 3.94. The molecule has 0 aliphatic rings. The number of fused-ring (bicyclic) bond motifs is 3. The van der Waals surface area contributed by atoms with Gasteiger partial charge < -0.3 is 8.83 Å². The van der Waals surface area contributed by atoms with Crippen molar-refractivity contribution in [3.8, 4) is 0 Å². The molecular weight excluding hydrogens is 204 g/mol. The van der Waals surface area contributed by atoms with E-state index < -0.39 is 0 Å². The summed E-state index contributed by atoms with van der Waals surface area (Å²) in [6.45, 7) is 3.79. The number of hydrogen-bond donors (Lipinski definition) is 0. The van der Waals surface area contributed by atoms with Crippen molar-refractivity contribution in [1.82, 2.24) is 0 Å². The van der Waals surface area contributed by atoms with E-state index in [1.54, 1.807) is 12.1 Å². The summed E-state index contributed by atoms with van der Waals surface area (Å²) in [5.74, 6) is 0.720. The third-order valence-electron chi connectivity index (χ3n) is 2.74. The number of benzene rings is 1. The van der Waals surface area contributed by atoms with Crippen LogP contribution in [0.2, 0.25) is 0 Å². The molecule has 0 spiro atoms. The Bertz CT molecular complexity index is 747. The van der Waals surface area contributed by atoms with E-state index in [0.29, 0.717) is 16.6 Å². The maximum absolute atomic E-state index is 11.7. The largest absolute Gasteiger partial charge is 0.460 e. The van der Waals surface area contributed by atoms with E-state index in [9.17, 15) is 4.79 Å². The average Bonchev–Trinajstić information content (AvgIpc) is 2.60. The molecule has 3 nitrogen and oxygen atoms in total. The minimum Gasteiger partial charge on any atom is -0.460 e. The second-order valence-electron chi connectivity index (χ2n) is 3.94. The smallest absolute Gasteiger partial charge is 0.347 e. The van der Waals surface area contributed by atoms with Crippen molar-refractivity contribution < 1.29 is 8.83 Å². The summed E-state index contributed by atoms with van der Waals surface area (Å²) in [5.41, 5.74) is 1.90. The van der Waals surface area contributed by atoms with E-state index in [1.807, 2.05) is 26.0 Å². The van der Waals surface area contributed by atoms with Gasteiger partial charge in [0.2, 0.25) is 0 Å². The van der Waals surface area contributed by atoms with E-state index in [2.05, 4.69) is 0 Å². The van der Waals surface area contributed by atoms with Crippen LogP contribution >= 0.6 is 0 Å². The summed E-state index contributed by atoms with van der Waals surface area (Å²) in [7, 11) is 0. The lowest BCUT2D eigenvalue weighted by molar-refractivity contribution is 0.559. The highest BCUT2D eigenvalue weighted by Crippen LogP contribution is 2.27. The Hall–Kier alpha value is -2.03. The molecule has 16 heavy (non-hydrogen) atoms. The van der Waals surface area contributed by atoms with Crippen LogP contribution < -0.4 is 5.63 Å². The molecule has 0 radical (unpaired) electrons. The van der Waals surface area contributed by atoms with Crippen LogP contribution in [0.4, 0.5) is 0 Å². The number of rotatable bonds is 0. The van der Waals surface area contributed by atoms with Gasteiger partial charge in [0, 0.05) is 0 Å². The van der Waals surface area contributed by atoms with Gasteiger partial charge in [-0.3, -0.25) is 0 Å². The topological polar surface area (TPSA) is 43.4 Å². The minimum atomic E-state index is -0.343. The Labute approximate surface area is 91.3 Å². The molecule has 0 saturated carbocycles. The predicted octanol–water partition coefficient (Wildman–Crippen LogP) is 3.16. The first kappa shape index (κ1) is 9.21. The summed E-state index contributed by atoms with van der Waals surface area (Å²) in [6, 6.07) is 7.33. The zero-order valence-electron chi connectivity index (χ0n) is 9.03. The Kier molecular flexibility index (Phi) is 1.72. The zero-order valence-corrected chi connectivity index (χ0v) is 9.03. The normalized spacial score (nSPS) is 11.4. The molecule has 0 fully saturated rings. The summed E-state index contributed by atoms with van der Waals surface area (Å²) in [4.78, 5) is 11.7. The molecule has 3 rings (SSSR count). The van der Waals surface area contributed by atoms with Crippen molar-refractivity contribution in [3.05, 3.63) is 46.0 Å². The molecule has 3 aromatic rings. The molecule has 0 aliphatic heterocycles. The third-order valence-corrected chi connectivity index (χ3v) is 2.74. The SMILES string of the molecule is Cc1cc2c(=O)oc3cccc(C)c3c2o1. The summed E-state index contributed by atoms with van der Waals surface area (Å²) in [5, 5.41) is 1.39. The van der Waals surface area contributed by atoms with Gasteiger partial charge in [0.1, 0.15) is 16.7 Å². The van der Waals surface area contributed by atoms with Crippen LogP contribution in [0, 0.1) is 13.8 Å². The Morgan fingerprint density at radius 2 is 1.94 bits per heavy atom. The number of furan rings is 1. The van der Waals surface area contributed by atoms with Gasteiger partial charge in [-0.25, -0.2) is 4.79 Å². The van der Waals surface area contributed by atoms with E-state index in [1.165, 1.54) is 0 Å². The van der Waals surface area contributed by atoms with Crippen molar-refractivity contribution in [2.24, 2.45) is 0 Å². The van der Waals surface area contributed by atoms with Gasteiger partial charge in [-0.2, -0.15) is 0 Å². The standard InChI is InChI=1S/C13H10O3/c1-7-4-3-5-10-11(7)12-9(13(14)16-10)6-8(2)15-12/h3-6H,1-2H3. The Morgan fingerprint density at radius 3 is 2.75 bits per heavy atom. The van der Waals surface area contributed by atoms with Gasteiger partial charge >= 0.3 is 5.63 Å². The highest BCUT2D eigenvalue weighted by Gasteiger charge is 2.12. The van der Waals surface area contributed by atoms with Crippen molar-refractivity contribution in [3.63, 3.8) is 0 Å². The van der Waals surface area contributed by atoms with Gasteiger partial charge in [-0.15, -0.1) is 0 Å².